The van der Waals surface area contributed by atoms with Crippen LogP contribution in [0.4, 0.5) is 0 Å². The molecule has 0 aliphatic carbocycles. The van der Waals surface area contributed by atoms with Crippen molar-refractivity contribution in [2.45, 2.75) is 39.0 Å². The average molecular weight is 240 g/mol. The van der Waals surface area contributed by atoms with Crippen LogP contribution in [0.2, 0.25) is 0 Å². The predicted octanol–water partition coefficient (Wildman–Crippen LogP) is 3.35. The van der Waals surface area contributed by atoms with Crippen LogP contribution < -0.4 is 0 Å². The summed E-state index contributed by atoms with van der Waals surface area (Å²) in [6, 6.07) is 7.81. The highest BCUT2D eigenvalue weighted by Crippen LogP contribution is 2.06. The van der Waals surface area contributed by atoms with E-state index in [0.717, 1.165) is 17.5 Å². The van der Waals surface area contributed by atoms with Gasteiger partial charge in [-0.2, -0.15) is 0 Å². The third-order valence-electron chi connectivity index (χ3n) is 2.61. The van der Waals surface area contributed by atoms with Crippen LogP contribution in [-0.2, 0) is 0 Å². The quantitative estimate of drug-likeness (QED) is 0.632. The lowest BCUT2D eigenvalue weighted by Crippen LogP contribution is -1.83. The van der Waals surface area contributed by atoms with Gasteiger partial charge in [0.25, 0.3) is 0 Å². The van der Waals surface area contributed by atoms with Crippen LogP contribution in [-0.4, -0.2) is 11.7 Å². The number of unbranched alkanes of at least 4 members (excludes halogenated alkanes) is 4. The van der Waals surface area contributed by atoms with Crippen molar-refractivity contribution in [2.24, 2.45) is 0 Å². The van der Waals surface area contributed by atoms with Gasteiger partial charge in [0.1, 0.15) is 6.61 Å². The molecule has 0 aromatic heterocycles. The second-order valence-corrected chi connectivity index (χ2v) is 4.12. The molecule has 0 radical (unpaired) electrons. The van der Waals surface area contributed by atoms with Gasteiger partial charge in [-0.15, -0.1) is 0 Å². The van der Waals surface area contributed by atoms with E-state index in [1.807, 2.05) is 24.3 Å². The van der Waals surface area contributed by atoms with Crippen molar-refractivity contribution in [3.05, 3.63) is 35.4 Å². The molecule has 0 saturated carbocycles. The number of aliphatic hydroxyl groups is 1. The van der Waals surface area contributed by atoms with Crippen LogP contribution in [0.25, 0.3) is 0 Å². The summed E-state index contributed by atoms with van der Waals surface area (Å²) < 4.78 is 0. The van der Waals surface area contributed by atoms with E-state index in [0.29, 0.717) is 0 Å². The highest BCUT2D eigenvalue weighted by atomic mass is 16.2. The first-order valence-electron chi connectivity index (χ1n) is 6.56. The van der Waals surface area contributed by atoms with E-state index in [1.54, 1.807) is 0 Å². The number of aliphatic hydroxyl groups excluding tert-OH is 1. The number of hydrogen-bond acceptors (Lipinski definition) is 1. The van der Waals surface area contributed by atoms with Gasteiger partial charge in [-0.25, -0.2) is 0 Å². The van der Waals surface area contributed by atoms with Crippen LogP contribution in [0.15, 0.2) is 24.3 Å². The lowest BCUT2D eigenvalue weighted by Gasteiger charge is -1.95. The van der Waals surface area contributed by atoms with Crippen molar-refractivity contribution in [3.63, 3.8) is 0 Å². The minimum Gasteiger partial charge on any atom is -0.384 e. The zero-order valence-corrected chi connectivity index (χ0v) is 11.0. The SMILES string of the molecule is CCCCCCC#Cc1ccccc1C#CCO. The fourth-order valence-electron chi connectivity index (χ4n) is 1.63. The van der Waals surface area contributed by atoms with Gasteiger partial charge in [0.2, 0.25) is 0 Å². The van der Waals surface area contributed by atoms with E-state index in [2.05, 4.69) is 30.6 Å². The molecule has 94 valence electrons. The Hall–Kier alpha value is -1.70. The van der Waals surface area contributed by atoms with E-state index >= 15 is 0 Å². The Labute approximate surface area is 110 Å². The summed E-state index contributed by atoms with van der Waals surface area (Å²) in [5, 5.41) is 8.71. The fraction of sp³-hybridized carbons (Fsp3) is 0.412. The average Bonchev–Trinajstić information content (AvgIpc) is 2.41. The summed E-state index contributed by atoms with van der Waals surface area (Å²) in [6.07, 6.45) is 5.93. The van der Waals surface area contributed by atoms with Gasteiger partial charge in [0.15, 0.2) is 0 Å². The zero-order valence-electron chi connectivity index (χ0n) is 11.0. The standard InChI is InChI=1S/C17H20O/c1-2-3-4-5-6-7-11-16-12-8-9-13-17(16)14-10-15-18/h8-9,12-13,18H,2-6,15H2,1H3. The Balaban J connectivity index is 2.58. The molecule has 0 heterocycles. The minimum atomic E-state index is -0.112. The first-order valence-corrected chi connectivity index (χ1v) is 6.56. The van der Waals surface area contributed by atoms with Crippen LogP contribution in [0, 0.1) is 23.7 Å². The van der Waals surface area contributed by atoms with E-state index in [-0.39, 0.29) is 6.61 Å². The molecular weight excluding hydrogens is 220 g/mol. The Kier molecular flexibility index (Phi) is 7.45. The molecule has 0 amide bonds. The van der Waals surface area contributed by atoms with Crippen LogP contribution in [0.1, 0.15) is 50.2 Å². The molecule has 0 aliphatic heterocycles. The predicted molar refractivity (Wildman–Crippen MR) is 76.0 cm³/mol. The van der Waals surface area contributed by atoms with Crippen LogP contribution in [0.3, 0.4) is 0 Å². The number of rotatable bonds is 4. The normalized spacial score (nSPS) is 9.00. The molecular formula is C17H20O. The maximum atomic E-state index is 8.71. The number of hydrogen-bond donors (Lipinski definition) is 1. The number of benzene rings is 1. The van der Waals surface area contributed by atoms with Gasteiger partial charge in [-0.05, 0) is 18.6 Å². The van der Waals surface area contributed by atoms with Gasteiger partial charge < -0.3 is 5.11 Å². The van der Waals surface area contributed by atoms with Crippen LogP contribution >= 0.6 is 0 Å². The second-order valence-electron chi connectivity index (χ2n) is 4.12. The Morgan fingerprint density at radius 3 is 2.22 bits per heavy atom. The van der Waals surface area contributed by atoms with Gasteiger partial charge in [-0.3, -0.25) is 0 Å². The molecule has 0 spiro atoms. The largest absolute Gasteiger partial charge is 0.384 e. The Morgan fingerprint density at radius 1 is 0.944 bits per heavy atom. The highest BCUT2D eigenvalue weighted by Gasteiger charge is 1.93. The van der Waals surface area contributed by atoms with Crippen molar-refractivity contribution in [2.75, 3.05) is 6.61 Å². The molecule has 1 aromatic rings. The Morgan fingerprint density at radius 2 is 1.61 bits per heavy atom. The monoisotopic (exact) mass is 240 g/mol. The lowest BCUT2D eigenvalue weighted by atomic mass is 10.1. The maximum Gasteiger partial charge on any atom is 0.104 e. The topological polar surface area (TPSA) is 20.2 Å². The summed E-state index contributed by atoms with van der Waals surface area (Å²) >= 11 is 0. The minimum absolute atomic E-state index is 0.112. The third kappa shape index (κ3) is 5.58. The van der Waals surface area contributed by atoms with Crippen molar-refractivity contribution in [1.29, 1.82) is 0 Å². The molecule has 1 rings (SSSR count). The highest BCUT2D eigenvalue weighted by molar-refractivity contribution is 5.49. The molecule has 0 aliphatic rings. The molecule has 1 aromatic carbocycles. The maximum absolute atomic E-state index is 8.71. The van der Waals surface area contributed by atoms with Gasteiger partial charge in [0, 0.05) is 17.5 Å². The molecule has 0 fully saturated rings. The summed E-state index contributed by atoms with van der Waals surface area (Å²) in [4.78, 5) is 0. The van der Waals surface area contributed by atoms with E-state index in [9.17, 15) is 0 Å². The molecule has 18 heavy (non-hydrogen) atoms. The van der Waals surface area contributed by atoms with Gasteiger partial charge in [0.05, 0.1) is 0 Å². The summed E-state index contributed by atoms with van der Waals surface area (Å²) in [7, 11) is 0. The van der Waals surface area contributed by atoms with E-state index in [1.165, 1.54) is 25.7 Å². The summed E-state index contributed by atoms with van der Waals surface area (Å²) in [6.45, 7) is 2.10. The van der Waals surface area contributed by atoms with Gasteiger partial charge in [-0.1, -0.05) is 62.0 Å². The molecule has 1 heteroatoms. The molecule has 0 bridgehead atoms. The van der Waals surface area contributed by atoms with Crippen molar-refractivity contribution < 1.29 is 5.11 Å². The first kappa shape index (κ1) is 14.4. The lowest BCUT2D eigenvalue weighted by molar-refractivity contribution is 0.350. The third-order valence-corrected chi connectivity index (χ3v) is 2.61. The van der Waals surface area contributed by atoms with E-state index < -0.39 is 0 Å². The zero-order chi connectivity index (χ0) is 13.1. The van der Waals surface area contributed by atoms with Crippen LogP contribution in [0.5, 0.6) is 0 Å². The smallest absolute Gasteiger partial charge is 0.104 e. The second kappa shape index (κ2) is 9.34. The Bertz CT molecular complexity index is 466. The van der Waals surface area contributed by atoms with Crippen molar-refractivity contribution in [1.82, 2.24) is 0 Å². The molecule has 1 N–H and O–H groups in total. The van der Waals surface area contributed by atoms with Gasteiger partial charge >= 0.3 is 0 Å². The molecule has 0 unspecified atom stereocenters. The molecule has 0 saturated heterocycles. The molecule has 0 atom stereocenters. The summed E-state index contributed by atoms with van der Waals surface area (Å²) in [5.74, 6) is 11.9. The van der Waals surface area contributed by atoms with Crippen molar-refractivity contribution in [3.8, 4) is 23.7 Å². The summed E-state index contributed by atoms with van der Waals surface area (Å²) in [5.41, 5.74) is 1.85. The fourth-order valence-corrected chi connectivity index (χ4v) is 1.63. The first-order chi connectivity index (χ1) is 8.88. The molecule has 1 nitrogen and oxygen atoms in total. The van der Waals surface area contributed by atoms with Crippen molar-refractivity contribution >= 4 is 0 Å². The van der Waals surface area contributed by atoms with E-state index in [4.69, 9.17) is 5.11 Å².